The molecule has 7 nitrogen and oxygen atoms in total. The fourth-order valence-electron chi connectivity index (χ4n) is 2.49. The third kappa shape index (κ3) is 2.46. The number of nitrogens with one attached hydrogen (secondary N) is 1. The predicted octanol–water partition coefficient (Wildman–Crippen LogP) is 1.08. The first-order valence-corrected chi connectivity index (χ1v) is 6.97. The van der Waals surface area contributed by atoms with Crippen LogP contribution in [0.4, 0.5) is 5.82 Å². The van der Waals surface area contributed by atoms with Gasteiger partial charge in [0, 0.05) is 12.6 Å². The maximum absolute atomic E-state index is 6.06. The van der Waals surface area contributed by atoms with Crippen LogP contribution in [0.1, 0.15) is 32.9 Å². The van der Waals surface area contributed by atoms with Crippen molar-refractivity contribution in [3.05, 3.63) is 12.7 Å². The van der Waals surface area contributed by atoms with E-state index in [2.05, 4.69) is 34.1 Å². The fraction of sp³-hybridized carbons (Fsp3) is 0.615. The quantitative estimate of drug-likeness (QED) is 0.868. The summed E-state index contributed by atoms with van der Waals surface area (Å²) in [7, 11) is 0. The number of fused-ring (bicyclic) bond motifs is 1. The molecule has 2 aromatic rings. The molecule has 20 heavy (non-hydrogen) atoms. The molecule has 0 bridgehead atoms. The first-order valence-electron chi connectivity index (χ1n) is 6.97. The smallest absolute Gasteiger partial charge is 0.167 e. The Hall–Kier alpha value is -1.73. The van der Waals surface area contributed by atoms with E-state index in [0.29, 0.717) is 17.4 Å². The summed E-state index contributed by atoms with van der Waals surface area (Å²) in [5.74, 6) is 0.407. The van der Waals surface area contributed by atoms with Crippen molar-refractivity contribution < 1.29 is 4.74 Å². The number of imidazole rings is 1. The van der Waals surface area contributed by atoms with Gasteiger partial charge in [-0.05, 0) is 12.8 Å². The van der Waals surface area contributed by atoms with Crippen LogP contribution in [0.5, 0.6) is 0 Å². The summed E-state index contributed by atoms with van der Waals surface area (Å²) in [4.78, 5) is 12.5. The topological polar surface area (TPSA) is 90.9 Å². The van der Waals surface area contributed by atoms with Crippen LogP contribution in [0.25, 0.3) is 11.2 Å². The molecule has 1 aliphatic heterocycles. The summed E-state index contributed by atoms with van der Waals surface area (Å²) in [6.07, 6.45) is 5.40. The Morgan fingerprint density at radius 1 is 1.40 bits per heavy atom. The van der Waals surface area contributed by atoms with Gasteiger partial charge in [0.05, 0.1) is 12.4 Å². The molecule has 108 valence electrons. The molecule has 1 saturated heterocycles. The van der Waals surface area contributed by atoms with E-state index >= 15 is 0 Å². The highest BCUT2D eigenvalue weighted by molar-refractivity contribution is 5.81. The lowest BCUT2D eigenvalue weighted by atomic mass is 10.2. The second kappa shape index (κ2) is 5.34. The Labute approximate surface area is 117 Å². The van der Waals surface area contributed by atoms with E-state index < -0.39 is 0 Å². The van der Waals surface area contributed by atoms with E-state index in [4.69, 9.17) is 10.5 Å². The number of ether oxygens (including phenoxy) is 1. The van der Waals surface area contributed by atoms with Crippen molar-refractivity contribution in [1.82, 2.24) is 24.8 Å². The van der Waals surface area contributed by atoms with E-state index in [9.17, 15) is 0 Å². The summed E-state index contributed by atoms with van der Waals surface area (Å²) in [5.41, 5.74) is 7.17. The van der Waals surface area contributed by atoms with Crippen molar-refractivity contribution in [3.8, 4) is 0 Å². The molecule has 0 amide bonds. The largest absolute Gasteiger partial charge is 0.382 e. The minimum atomic E-state index is -0.0201. The molecule has 0 spiro atoms. The number of rotatable bonds is 4. The van der Waals surface area contributed by atoms with Crippen LogP contribution < -0.4 is 11.1 Å². The van der Waals surface area contributed by atoms with Crippen molar-refractivity contribution in [1.29, 1.82) is 0 Å². The molecule has 0 aromatic carbocycles. The molecule has 3 heterocycles. The maximum Gasteiger partial charge on any atom is 0.167 e. The minimum absolute atomic E-state index is 0.0201. The van der Waals surface area contributed by atoms with Crippen LogP contribution in [0.3, 0.4) is 0 Å². The average Bonchev–Trinajstić information content (AvgIpc) is 3.02. The molecule has 1 aliphatic rings. The lowest BCUT2D eigenvalue weighted by Crippen LogP contribution is -2.31. The first kappa shape index (κ1) is 13.3. The standard InChI is InChI=1S/C13H20N6O/c1-8(2)15-5-9-3-4-10(20-9)19-7-18-11-12(14)16-6-17-13(11)19/h6-10,15H,3-5H2,1-2H3,(H2,14,16,17). The number of hydrogen-bond donors (Lipinski definition) is 2. The number of nitrogens with zero attached hydrogens (tertiary/aromatic N) is 4. The van der Waals surface area contributed by atoms with E-state index in [1.54, 1.807) is 6.33 Å². The zero-order valence-corrected chi connectivity index (χ0v) is 11.8. The van der Waals surface area contributed by atoms with Gasteiger partial charge in [0.25, 0.3) is 0 Å². The molecule has 7 heteroatoms. The number of nitrogens with two attached hydrogens (primary N) is 1. The summed E-state index contributed by atoms with van der Waals surface area (Å²) in [5, 5.41) is 3.40. The van der Waals surface area contributed by atoms with Gasteiger partial charge in [0.2, 0.25) is 0 Å². The van der Waals surface area contributed by atoms with Crippen LogP contribution in [0, 0.1) is 0 Å². The van der Waals surface area contributed by atoms with Gasteiger partial charge in [-0.1, -0.05) is 13.8 Å². The zero-order valence-electron chi connectivity index (χ0n) is 11.8. The minimum Gasteiger partial charge on any atom is -0.382 e. The van der Waals surface area contributed by atoms with Crippen molar-refractivity contribution in [2.24, 2.45) is 0 Å². The number of hydrogen-bond acceptors (Lipinski definition) is 6. The summed E-state index contributed by atoms with van der Waals surface area (Å²) in [6.45, 7) is 5.14. The predicted molar refractivity (Wildman–Crippen MR) is 76.0 cm³/mol. The number of anilines is 1. The van der Waals surface area contributed by atoms with Gasteiger partial charge in [0.15, 0.2) is 11.5 Å². The highest BCUT2D eigenvalue weighted by Crippen LogP contribution is 2.30. The second-order valence-corrected chi connectivity index (χ2v) is 5.44. The summed E-state index contributed by atoms with van der Waals surface area (Å²) < 4.78 is 8.01. The Morgan fingerprint density at radius 2 is 2.25 bits per heavy atom. The molecular weight excluding hydrogens is 256 g/mol. The van der Waals surface area contributed by atoms with E-state index in [-0.39, 0.29) is 12.3 Å². The van der Waals surface area contributed by atoms with Gasteiger partial charge < -0.3 is 15.8 Å². The van der Waals surface area contributed by atoms with Crippen molar-refractivity contribution in [2.75, 3.05) is 12.3 Å². The molecular formula is C13H20N6O. The Kier molecular flexibility index (Phi) is 3.54. The zero-order chi connectivity index (χ0) is 14.1. The van der Waals surface area contributed by atoms with Crippen LogP contribution in [0.2, 0.25) is 0 Å². The fourth-order valence-corrected chi connectivity index (χ4v) is 2.49. The van der Waals surface area contributed by atoms with Crippen molar-refractivity contribution >= 4 is 17.0 Å². The molecule has 0 radical (unpaired) electrons. The molecule has 3 N–H and O–H groups in total. The third-order valence-electron chi connectivity index (χ3n) is 3.54. The lowest BCUT2D eigenvalue weighted by molar-refractivity contribution is 0.00422. The number of nitrogen functional groups attached to an aromatic ring is 1. The third-order valence-corrected chi connectivity index (χ3v) is 3.54. The Morgan fingerprint density at radius 3 is 3.05 bits per heavy atom. The molecule has 2 atom stereocenters. The van der Waals surface area contributed by atoms with Gasteiger partial charge in [0.1, 0.15) is 18.1 Å². The molecule has 0 saturated carbocycles. The highest BCUT2D eigenvalue weighted by Gasteiger charge is 2.28. The molecule has 2 aromatic heterocycles. The maximum atomic E-state index is 6.06. The summed E-state index contributed by atoms with van der Waals surface area (Å²) >= 11 is 0. The van der Waals surface area contributed by atoms with Crippen LogP contribution in [-0.2, 0) is 4.74 Å². The summed E-state index contributed by atoms with van der Waals surface area (Å²) in [6, 6.07) is 0.472. The van der Waals surface area contributed by atoms with Crippen LogP contribution in [0.15, 0.2) is 12.7 Å². The second-order valence-electron chi connectivity index (χ2n) is 5.44. The SMILES string of the molecule is CC(C)NCC1CCC(n2cnc3c(N)ncnc32)O1. The van der Waals surface area contributed by atoms with Gasteiger partial charge in [-0.25, -0.2) is 15.0 Å². The lowest BCUT2D eigenvalue weighted by Gasteiger charge is -2.16. The molecule has 1 fully saturated rings. The molecule has 3 rings (SSSR count). The van der Waals surface area contributed by atoms with Gasteiger partial charge in [-0.3, -0.25) is 4.57 Å². The molecule has 2 unspecified atom stereocenters. The molecule has 0 aliphatic carbocycles. The van der Waals surface area contributed by atoms with E-state index in [0.717, 1.165) is 25.0 Å². The van der Waals surface area contributed by atoms with Gasteiger partial charge in [-0.2, -0.15) is 0 Å². The van der Waals surface area contributed by atoms with Gasteiger partial charge in [-0.15, -0.1) is 0 Å². The van der Waals surface area contributed by atoms with Crippen LogP contribution >= 0.6 is 0 Å². The van der Waals surface area contributed by atoms with Crippen LogP contribution in [-0.4, -0.2) is 38.2 Å². The first-order chi connectivity index (χ1) is 9.65. The average molecular weight is 276 g/mol. The normalized spacial score (nSPS) is 22.9. The van der Waals surface area contributed by atoms with Crippen molar-refractivity contribution in [3.63, 3.8) is 0 Å². The van der Waals surface area contributed by atoms with E-state index in [1.807, 2.05) is 4.57 Å². The van der Waals surface area contributed by atoms with E-state index in [1.165, 1.54) is 6.33 Å². The van der Waals surface area contributed by atoms with Gasteiger partial charge >= 0.3 is 0 Å². The highest BCUT2D eigenvalue weighted by atomic mass is 16.5. The monoisotopic (exact) mass is 276 g/mol. The van der Waals surface area contributed by atoms with Crippen molar-refractivity contribution in [2.45, 2.75) is 45.1 Å². The number of aromatic nitrogens is 4. The Bertz CT molecular complexity index is 596. The Balaban J connectivity index is 1.75.